The highest BCUT2D eigenvalue weighted by molar-refractivity contribution is 6.01. The Morgan fingerprint density at radius 2 is 1.58 bits per heavy atom. The molecule has 2 aromatic carbocycles. The van der Waals surface area contributed by atoms with Crippen molar-refractivity contribution in [1.82, 2.24) is 0 Å². The summed E-state index contributed by atoms with van der Waals surface area (Å²) in [6.45, 7) is 3.48. The van der Waals surface area contributed by atoms with E-state index in [4.69, 9.17) is 9.47 Å². The lowest BCUT2D eigenvalue weighted by atomic mass is 9.52. The van der Waals surface area contributed by atoms with Gasteiger partial charge in [0.2, 0.25) is 0 Å². The van der Waals surface area contributed by atoms with Crippen molar-refractivity contribution in [2.45, 2.75) is 11.5 Å². The van der Waals surface area contributed by atoms with Crippen LogP contribution in [0.2, 0.25) is 0 Å². The molecule has 26 heavy (non-hydrogen) atoms. The number of hydrogen-bond donors (Lipinski definition) is 0. The van der Waals surface area contributed by atoms with Gasteiger partial charge in [-0.2, -0.15) is 0 Å². The summed E-state index contributed by atoms with van der Waals surface area (Å²) in [5, 5.41) is 0. The van der Waals surface area contributed by atoms with Gasteiger partial charge in [0.1, 0.15) is 5.92 Å². The van der Waals surface area contributed by atoms with Gasteiger partial charge in [-0.05, 0) is 11.1 Å². The minimum Gasteiger partial charge on any atom is -0.445 e. The Balaban J connectivity index is 1.92. The Morgan fingerprint density at radius 3 is 2.15 bits per heavy atom. The molecule has 2 unspecified atom stereocenters. The van der Waals surface area contributed by atoms with Gasteiger partial charge >= 0.3 is 17.9 Å². The normalized spacial score (nSPS) is 30.1. The third kappa shape index (κ3) is 1.58. The first kappa shape index (κ1) is 15.1. The fraction of sp³-hybridized carbons (Fsp3) is 0.190. The van der Waals surface area contributed by atoms with Crippen LogP contribution in [-0.2, 0) is 29.5 Å². The van der Waals surface area contributed by atoms with E-state index in [1.54, 1.807) is 0 Å². The second kappa shape index (κ2) is 4.91. The van der Waals surface area contributed by atoms with Crippen LogP contribution >= 0.6 is 0 Å². The molecular formula is C21H14O5. The van der Waals surface area contributed by atoms with Crippen molar-refractivity contribution < 1.29 is 23.9 Å². The lowest BCUT2D eigenvalue weighted by molar-refractivity contribution is -0.166. The van der Waals surface area contributed by atoms with Gasteiger partial charge in [-0.15, -0.1) is 0 Å². The zero-order chi connectivity index (χ0) is 18.1. The Hall–Kier alpha value is -3.21. The van der Waals surface area contributed by atoms with Gasteiger partial charge in [0.25, 0.3) is 0 Å². The molecule has 0 radical (unpaired) electrons. The van der Waals surface area contributed by atoms with Gasteiger partial charge in [-0.3, -0.25) is 9.59 Å². The van der Waals surface area contributed by atoms with E-state index in [2.05, 4.69) is 6.58 Å². The van der Waals surface area contributed by atoms with E-state index in [-0.39, 0.29) is 5.92 Å². The highest BCUT2D eigenvalue weighted by Crippen LogP contribution is 2.64. The van der Waals surface area contributed by atoms with Crippen LogP contribution in [0, 0.1) is 11.8 Å². The van der Waals surface area contributed by atoms with Crippen LogP contribution < -0.4 is 0 Å². The topological polar surface area (TPSA) is 69.7 Å². The van der Waals surface area contributed by atoms with Gasteiger partial charge in [0.15, 0.2) is 5.60 Å². The number of cyclic esters (lactones) is 2. The van der Waals surface area contributed by atoms with E-state index in [0.717, 1.165) is 28.3 Å². The summed E-state index contributed by atoms with van der Waals surface area (Å²) in [6.07, 6.45) is 1.07. The first-order valence-electron chi connectivity index (χ1n) is 8.39. The molecule has 0 saturated carbocycles. The van der Waals surface area contributed by atoms with Crippen molar-refractivity contribution in [2.24, 2.45) is 11.8 Å². The van der Waals surface area contributed by atoms with Crippen molar-refractivity contribution in [3.8, 4) is 0 Å². The number of rotatable bonds is 2. The van der Waals surface area contributed by atoms with E-state index in [9.17, 15) is 14.4 Å². The van der Waals surface area contributed by atoms with Crippen LogP contribution in [0.1, 0.15) is 28.2 Å². The van der Waals surface area contributed by atoms with E-state index < -0.39 is 35.3 Å². The first-order valence-corrected chi connectivity index (χ1v) is 8.39. The number of benzene rings is 2. The number of carbonyl (C=O) groups excluding carboxylic acids is 3. The third-order valence-corrected chi connectivity index (χ3v) is 5.70. The number of hydrogen-bond acceptors (Lipinski definition) is 5. The van der Waals surface area contributed by atoms with Crippen molar-refractivity contribution >= 4 is 17.9 Å². The molecule has 2 bridgehead atoms. The van der Waals surface area contributed by atoms with Crippen LogP contribution in [0.5, 0.6) is 0 Å². The molecule has 5 nitrogen and oxygen atoms in total. The van der Waals surface area contributed by atoms with Crippen LogP contribution in [0.4, 0.5) is 0 Å². The second-order valence-corrected chi connectivity index (χ2v) is 6.76. The van der Waals surface area contributed by atoms with E-state index in [1.165, 1.54) is 0 Å². The van der Waals surface area contributed by atoms with E-state index in [1.807, 2.05) is 48.5 Å². The number of ether oxygens (including phenoxy) is 2. The average molecular weight is 346 g/mol. The third-order valence-electron chi connectivity index (χ3n) is 5.70. The molecule has 1 heterocycles. The van der Waals surface area contributed by atoms with Gasteiger partial charge in [-0.1, -0.05) is 55.1 Å². The summed E-state index contributed by atoms with van der Waals surface area (Å²) < 4.78 is 10.9. The molecule has 2 atom stereocenters. The summed E-state index contributed by atoms with van der Waals surface area (Å²) >= 11 is 0. The molecule has 0 aromatic heterocycles. The number of carbonyl (C=O) groups is 3. The predicted molar refractivity (Wildman–Crippen MR) is 89.9 cm³/mol. The molecular weight excluding hydrogens is 332 g/mol. The van der Waals surface area contributed by atoms with Crippen molar-refractivity contribution in [3.05, 3.63) is 83.4 Å². The zero-order valence-electron chi connectivity index (χ0n) is 13.7. The van der Waals surface area contributed by atoms with Crippen molar-refractivity contribution in [3.63, 3.8) is 0 Å². The maximum Gasteiger partial charge on any atom is 0.331 e. The van der Waals surface area contributed by atoms with E-state index in [0.29, 0.717) is 0 Å². The Bertz CT molecular complexity index is 957. The number of esters is 3. The minimum atomic E-state index is -1.39. The summed E-state index contributed by atoms with van der Waals surface area (Å²) in [4.78, 5) is 37.4. The van der Waals surface area contributed by atoms with Gasteiger partial charge in [-0.25, -0.2) is 4.79 Å². The van der Waals surface area contributed by atoms with Gasteiger partial charge < -0.3 is 9.47 Å². The smallest absolute Gasteiger partial charge is 0.331 e. The van der Waals surface area contributed by atoms with Crippen LogP contribution in [0.3, 0.4) is 0 Å². The largest absolute Gasteiger partial charge is 0.445 e. The maximum atomic E-state index is 12.6. The Morgan fingerprint density at radius 1 is 1.00 bits per heavy atom. The second-order valence-electron chi connectivity index (χ2n) is 6.76. The summed E-state index contributed by atoms with van der Waals surface area (Å²) in [5.74, 6) is -3.76. The molecule has 2 aromatic rings. The van der Waals surface area contributed by atoms with Crippen molar-refractivity contribution in [2.75, 3.05) is 0 Å². The molecule has 4 aliphatic rings. The molecule has 1 fully saturated rings. The van der Waals surface area contributed by atoms with Crippen molar-refractivity contribution in [1.29, 1.82) is 0 Å². The summed E-state index contributed by atoms with van der Waals surface area (Å²) in [6, 6.07) is 15.0. The summed E-state index contributed by atoms with van der Waals surface area (Å²) in [7, 11) is 0. The molecule has 128 valence electrons. The van der Waals surface area contributed by atoms with E-state index >= 15 is 0 Å². The highest BCUT2D eigenvalue weighted by atomic mass is 16.6. The molecule has 0 N–H and O–H groups in total. The molecule has 6 rings (SSSR count). The minimum absolute atomic E-state index is 0.296. The molecule has 0 spiro atoms. The average Bonchev–Trinajstić information content (AvgIpc) is 2.97. The molecule has 3 aliphatic carbocycles. The monoisotopic (exact) mass is 346 g/mol. The lowest BCUT2D eigenvalue weighted by Crippen LogP contribution is -2.55. The fourth-order valence-corrected chi connectivity index (χ4v) is 4.88. The molecule has 0 amide bonds. The molecule has 1 saturated heterocycles. The fourth-order valence-electron chi connectivity index (χ4n) is 4.88. The maximum absolute atomic E-state index is 12.6. The van der Waals surface area contributed by atoms with Crippen LogP contribution in [0.15, 0.2) is 61.2 Å². The lowest BCUT2D eigenvalue weighted by Gasteiger charge is -2.52. The Kier molecular flexibility index (Phi) is 2.85. The van der Waals surface area contributed by atoms with Crippen LogP contribution in [0.25, 0.3) is 0 Å². The Labute approximate surface area is 149 Å². The standard InChI is InChI=1S/C21H14O5/c1-2-15(22)26-21-13-9-5-3-7-11(13)16(12-8-4-6-10-14(12)21)17-18(21)20(24)25-19(17)23/h2-10,16-18H,1H2. The highest BCUT2D eigenvalue weighted by Gasteiger charge is 2.69. The summed E-state index contributed by atoms with van der Waals surface area (Å²) in [5.41, 5.74) is 1.84. The first-order chi connectivity index (χ1) is 12.6. The van der Waals surface area contributed by atoms with Gasteiger partial charge in [0, 0.05) is 23.1 Å². The van der Waals surface area contributed by atoms with Crippen LogP contribution in [-0.4, -0.2) is 17.9 Å². The molecule has 5 heteroatoms. The quantitative estimate of drug-likeness (QED) is 0.475. The predicted octanol–water partition coefficient (Wildman–Crippen LogP) is 2.43. The SMILES string of the molecule is C=CC(=O)OC12c3ccccc3C(c3ccccc31)C1C(=O)OC(=O)C12. The zero-order valence-corrected chi connectivity index (χ0v) is 13.7. The molecule has 1 aliphatic heterocycles. The van der Waals surface area contributed by atoms with Gasteiger partial charge in [0.05, 0.1) is 5.92 Å².